The van der Waals surface area contributed by atoms with Gasteiger partial charge in [0.15, 0.2) is 5.65 Å². The van der Waals surface area contributed by atoms with Crippen molar-refractivity contribution in [2.45, 2.75) is 70.4 Å². The molecule has 1 amide bonds. The molecule has 1 atom stereocenters. The van der Waals surface area contributed by atoms with Crippen molar-refractivity contribution >= 4 is 11.6 Å². The Bertz CT molecular complexity index is 899. The summed E-state index contributed by atoms with van der Waals surface area (Å²) in [6.45, 7) is 4.99. The van der Waals surface area contributed by atoms with Gasteiger partial charge in [0.2, 0.25) is 5.91 Å². The molecule has 2 aliphatic rings. The summed E-state index contributed by atoms with van der Waals surface area (Å²) < 4.78 is 40.8. The summed E-state index contributed by atoms with van der Waals surface area (Å²) in [6.07, 6.45) is -0.834. The van der Waals surface area contributed by atoms with Gasteiger partial charge in [0.05, 0.1) is 17.3 Å². The molecule has 1 aliphatic carbocycles. The van der Waals surface area contributed by atoms with Gasteiger partial charge in [-0.1, -0.05) is 0 Å². The van der Waals surface area contributed by atoms with E-state index in [9.17, 15) is 18.0 Å². The van der Waals surface area contributed by atoms with Gasteiger partial charge in [0.1, 0.15) is 0 Å². The third kappa shape index (κ3) is 4.12. The number of alkyl halides is 3. The van der Waals surface area contributed by atoms with Gasteiger partial charge in [-0.2, -0.15) is 18.3 Å². The zero-order valence-electron chi connectivity index (χ0n) is 16.9. The summed E-state index contributed by atoms with van der Waals surface area (Å²) in [6, 6.07) is 3.96. The molecule has 0 N–H and O–H groups in total. The Morgan fingerprint density at radius 1 is 1.10 bits per heavy atom. The van der Waals surface area contributed by atoms with Crippen LogP contribution in [0.1, 0.15) is 74.4 Å². The van der Waals surface area contributed by atoms with Gasteiger partial charge in [-0.3, -0.25) is 4.79 Å². The van der Waals surface area contributed by atoms with Crippen molar-refractivity contribution in [3.63, 3.8) is 0 Å². The maximum atomic E-state index is 13.0. The molecule has 2 fully saturated rings. The van der Waals surface area contributed by atoms with Crippen molar-refractivity contribution in [3.05, 3.63) is 29.2 Å². The zero-order chi connectivity index (χ0) is 20.8. The van der Waals surface area contributed by atoms with E-state index >= 15 is 0 Å². The highest BCUT2D eigenvalue weighted by molar-refractivity contribution is 5.73. The van der Waals surface area contributed by atoms with E-state index in [1.807, 2.05) is 28.5 Å². The zero-order valence-corrected chi connectivity index (χ0v) is 16.9. The van der Waals surface area contributed by atoms with Crippen molar-refractivity contribution < 1.29 is 18.0 Å². The van der Waals surface area contributed by atoms with Gasteiger partial charge in [0, 0.05) is 43.6 Å². The first kappa shape index (κ1) is 20.2. The molecular formula is C21H27F3N4O. The Morgan fingerprint density at radius 2 is 1.83 bits per heavy atom. The summed E-state index contributed by atoms with van der Waals surface area (Å²) in [5, 5.41) is 4.78. The second-order valence-electron chi connectivity index (χ2n) is 8.56. The molecule has 1 saturated heterocycles. The van der Waals surface area contributed by atoms with Crippen LogP contribution >= 0.6 is 0 Å². The summed E-state index contributed by atoms with van der Waals surface area (Å²) >= 11 is 0. The molecule has 3 heterocycles. The largest absolute Gasteiger partial charge is 0.391 e. The van der Waals surface area contributed by atoms with Crippen LogP contribution in [0.5, 0.6) is 0 Å². The number of likely N-dealkylation sites (tertiary alicyclic amines) is 1. The average Bonchev–Trinajstić information content (AvgIpc) is 3.10. The van der Waals surface area contributed by atoms with E-state index in [4.69, 9.17) is 5.10 Å². The van der Waals surface area contributed by atoms with Gasteiger partial charge in [0.25, 0.3) is 0 Å². The Balaban J connectivity index is 1.60. The molecule has 2 aromatic heterocycles. The molecule has 0 radical (unpaired) electrons. The Morgan fingerprint density at radius 3 is 2.48 bits per heavy atom. The number of aryl methyl sites for hydroxylation is 1. The number of nitrogens with zero attached hydrogens (tertiary/aromatic N) is 4. The number of aromatic nitrogens is 3. The quantitative estimate of drug-likeness (QED) is 0.730. The minimum Gasteiger partial charge on any atom is -0.342 e. The molecule has 0 spiro atoms. The van der Waals surface area contributed by atoms with Crippen molar-refractivity contribution in [1.29, 1.82) is 0 Å². The summed E-state index contributed by atoms with van der Waals surface area (Å²) in [4.78, 5) is 18.3. The van der Waals surface area contributed by atoms with E-state index in [-0.39, 0.29) is 30.6 Å². The summed E-state index contributed by atoms with van der Waals surface area (Å²) in [7, 11) is 0. The van der Waals surface area contributed by atoms with Crippen LogP contribution in [0.25, 0.3) is 5.65 Å². The average molecular weight is 408 g/mol. The molecule has 8 heteroatoms. The summed E-state index contributed by atoms with van der Waals surface area (Å²) in [5.41, 5.74) is 3.51. The fraction of sp³-hybridized carbons (Fsp3) is 0.667. The van der Waals surface area contributed by atoms with Crippen molar-refractivity contribution in [2.75, 3.05) is 13.1 Å². The van der Waals surface area contributed by atoms with Gasteiger partial charge >= 0.3 is 6.18 Å². The van der Waals surface area contributed by atoms with Gasteiger partial charge < -0.3 is 4.90 Å². The Hall–Kier alpha value is -2.12. The minimum absolute atomic E-state index is 0.0449. The second-order valence-corrected chi connectivity index (χ2v) is 8.56. The van der Waals surface area contributed by atoms with Crippen molar-refractivity contribution in [2.24, 2.45) is 5.92 Å². The predicted octanol–water partition coefficient (Wildman–Crippen LogP) is 4.60. The second kappa shape index (κ2) is 7.61. The predicted molar refractivity (Wildman–Crippen MR) is 103 cm³/mol. The van der Waals surface area contributed by atoms with Crippen LogP contribution in [-0.2, 0) is 4.79 Å². The highest BCUT2D eigenvalue weighted by atomic mass is 19.4. The number of carbonyl (C=O) groups is 1. The molecule has 158 valence electrons. The molecule has 1 aliphatic heterocycles. The van der Waals surface area contributed by atoms with Gasteiger partial charge in [-0.25, -0.2) is 9.50 Å². The van der Waals surface area contributed by atoms with Crippen molar-refractivity contribution in [3.8, 4) is 0 Å². The lowest BCUT2D eigenvalue weighted by atomic mass is 9.80. The van der Waals surface area contributed by atoms with E-state index in [0.29, 0.717) is 19.4 Å². The minimum atomic E-state index is -4.10. The Labute approximate surface area is 168 Å². The fourth-order valence-corrected chi connectivity index (χ4v) is 4.86. The topological polar surface area (TPSA) is 50.5 Å². The molecule has 1 unspecified atom stereocenters. The highest BCUT2D eigenvalue weighted by Crippen LogP contribution is 2.42. The van der Waals surface area contributed by atoms with E-state index < -0.39 is 12.1 Å². The molecule has 4 rings (SSSR count). The van der Waals surface area contributed by atoms with E-state index in [0.717, 1.165) is 42.1 Å². The first-order chi connectivity index (χ1) is 13.7. The van der Waals surface area contributed by atoms with Crippen LogP contribution in [0.4, 0.5) is 13.2 Å². The number of carbonyl (C=O) groups excluding carboxylic acids is 1. The summed E-state index contributed by atoms with van der Waals surface area (Å²) in [5.74, 6) is -0.875. The van der Waals surface area contributed by atoms with Crippen LogP contribution in [-0.4, -0.2) is 44.7 Å². The van der Waals surface area contributed by atoms with Gasteiger partial charge in [-0.05, 0) is 51.5 Å². The van der Waals surface area contributed by atoms with Crippen LogP contribution in [0.2, 0.25) is 0 Å². The lowest BCUT2D eigenvalue weighted by Gasteiger charge is -2.32. The number of hydrogen-bond donors (Lipinski definition) is 0. The first-order valence-electron chi connectivity index (χ1n) is 10.4. The smallest absolute Gasteiger partial charge is 0.342 e. The fourth-order valence-electron chi connectivity index (χ4n) is 4.86. The van der Waals surface area contributed by atoms with Crippen LogP contribution < -0.4 is 0 Å². The number of rotatable bonds is 2. The molecule has 2 aromatic rings. The molecule has 0 aromatic carbocycles. The van der Waals surface area contributed by atoms with Gasteiger partial charge in [-0.15, -0.1) is 0 Å². The number of amides is 1. The van der Waals surface area contributed by atoms with Crippen LogP contribution in [0.3, 0.4) is 0 Å². The standard InChI is InChI=1S/C21H27F3N4O/c1-13-10-19(16-4-3-9-27(12-16)14(2)29)28-20(25-13)11-18(26-28)15-5-7-17(8-6-15)21(22,23)24/h10-11,15-17H,3-9,12H2,1-2H3/t15-,16?,17-. The number of fused-ring (bicyclic) bond motifs is 1. The lowest BCUT2D eigenvalue weighted by Crippen LogP contribution is -2.38. The van der Waals surface area contributed by atoms with Crippen LogP contribution in [0.15, 0.2) is 12.1 Å². The van der Waals surface area contributed by atoms with Crippen LogP contribution in [0, 0.1) is 12.8 Å². The molecule has 29 heavy (non-hydrogen) atoms. The molecule has 5 nitrogen and oxygen atoms in total. The lowest BCUT2D eigenvalue weighted by molar-refractivity contribution is -0.182. The molecule has 1 saturated carbocycles. The van der Waals surface area contributed by atoms with Crippen molar-refractivity contribution in [1.82, 2.24) is 19.5 Å². The monoisotopic (exact) mass is 408 g/mol. The van der Waals surface area contributed by atoms with E-state index in [1.54, 1.807) is 6.92 Å². The van der Waals surface area contributed by atoms with E-state index in [2.05, 4.69) is 4.98 Å². The maximum absolute atomic E-state index is 13.0. The third-order valence-electron chi connectivity index (χ3n) is 6.50. The number of piperidine rings is 1. The Kier molecular flexibility index (Phi) is 5.29. The third-order valence-corrected chi connectivity index (χ3v) is 6.50. The normalized spacial score (nSPS) is 26.1. The maximum Gasteiger partial charge on any atom is 0.391 e. The number of halogens is 3. The number of hydrogen-bond acceptors (Lipinski definition) is 3. The SMILES string of the molecule is CC(=O)N1CCCC(c2cc(C)nc3cc([C@H]4CC[C@H](C(F)(F)F)CC4)nn23)C1. The molecular weight excluding hydrogens is 381 g/mol. The first-order valence-corrected chi connectivity index (χ1v) is 10.4. The molecule has 0 bridgehead atoms. The van der Waals surface area contributed by atoms with E-state index in [1.165, 1.54) is 0 Å². The highest BCUT2D eigenvalue weighted by Gasteiger charge is 2.42.